The molecule has 0 aliphatic carbocycles. The molecule has 0 radical (unpaired) electrons. The second-order valence-corrected chi connectivity index (χ2v) is 15.5. The standard InChI is InChI=1S/C21H15ClF3N5O3S2.C19H13ClF3N5O3/c1-30-10-14(27-18(30)16(31-20(34)35-2)12-7-8-26-15(22)9-12)19-28-17(29-33-19)11-3-5-13(6-4-11)32-21(23,24)25;1-28-9-13(25-17(28)15(29)11-6-7-24-14(20)8-11)18-26-16(27-31-18)10-2-4-12(5-3-10)30-19(21,22)23/h3-10,16H,1-2H3;2-9,15,29H,1H3. The van der Waals surface area contributed by atoms with Gasteiger partial charge in [0.15, 0.2) is 11.9 Å². The first-order chi connectivity index (χ1) is 31.3. The Morgan fingerprint density at radius 3 is 1.58 bits per heavy atom. The van der Waals surface area contributed by atoms with Gasteiger partial charge in [-0.2, -0.15) is 9.97 Å². The van der Waals surface area contributed by atoms with Crippen LogP contribution in [-0.2, 0) is 18.8 Å². The number of thiocarbonyl (C=S) groups is 1. The van der Waals surface area contributed by atoms with Gasteiger partial charge < -0.3 is 37.5 Å². The van der Waals surface area contributed by atoms with E-state index in [2.05, 4.69) is 49.7 Å². The van der Waals surface area contributed by atoms with Gasteiger partial charge in [-0.25, -0.2) is 19.9 Å². The lowest BCUT2D eigenvalue weighted by Crippen LogP contribution is -2.16. The summed E-state index contributed by atoms with van der Waals surface area (Å²) in [6.45, 7) is 0. The summed E-state index contributed by atoms with van der Waals surface area (Å²) in [6.07, 6.45) is -3.21. The molecule has 1 N–H and O–H groups in total. The summed E-state index contributed by atoms with van der Waals surface area (Å²) in [5, 5.41) is 18.9. The number of hydrogen-bond donors (Lipinski definition) is 1. The first kappa shape index (κ1) is 47.4. The highest BCUT2D eigenvalue weighted by Crippen LogP contribution is 2.33. The zero-order valence-corrected chi connectivity index (χ0v) is 36.8. The summed E-state index contributed by atoms with van der Waals surface area (Å²) >= 11 is 18.5. The van der Waals surface area contributed by atoms with Crippen LogP contribution in [0, 0.1) is 0 Å². The summed E-state index contributed by atoms with van der Waals surface area (Å²) in [5.41, 5.74) is 2.73. The average molecular weight is 994 g/mol. The Hall–Kier alpha value is -6.60. The number of halogens is 8. The number of pyridine rings is 2. The monoisotopic (exact) mass is 992 g/mol. The number of benzene rings is 2. The lowest BCUT2D eigenvalue weighted by atomic mass is 10.1. The van der Waals surface area contributed by atoms with E-state index in [1.54, 1.807) is 66.3 Å². The van der Waals surface area contributed by atoms with Gasteiger partial charge in [-0.15, -0.1) is 26.3 Å². The van der Waals surface area contributed by atoms with Crippen molar-refractivity contribution in [1.82, 2.24) is 49.4 Å². The molecule has 26 heteroatoms. The van der Waals surface area contributed by atoms with Gasteiger partial charge in [-0.3, -0.25) is 0 Å². The minimum Gasteiger partial charge on any atom is -0.462 e. The normalized spacial score (nSPS) is 12.5. The Bertz CT molecular complexity index is 2950. The molecule has 8 aromatic rings. The quantitative estimate of drug-likeness (QED) is 0.0732. The summed E-state index contributed by atoms with van der Waals surface area (Å²) in [5.74, 6) is 0.594. The Labute approximate surface area is 387 Å². The van der Waals surface area contributed by atoms with Crippen molar-refractivity contribution in [3.8, 4) is 57.4 Å². The van der Waals surface area contributed by atoms with Gasteiger partial charge in [0, 0.05) is 55.6 Å². The Kier molecular flexibility index (Phi) is 14.3. The molecule has 0 amide bonds. The van der Waals surface area contributed by atoms with E-state index in [1.807, 2.05) is 0 Å². The molecule has 6 aromatic heterocycles. The second kappa shape index (κ2) is 19.9. The van der Waals surface area contributed by atoms with Crippen LogP contribution in [0.3, 0.4) is 0 Å². The second-order valence-electron chi connectivity index (χ2n) is 13.4. The number of imidazole rings is 2. The maximum absolute atomic E-state index is 12.4. The molecule has 0 bridgehead atoms. The van der Waals surface area contributed by atoms with Crippen molar-refractivity contribution in [2.45, 2.75) is 24.9 Å². The topological polar surface area (TPSA) is 187 Å². The molecule has 342 valence electrons. The molecule has 0 aliphatic rings. The molecular weight excluding hydrogens is 966 g/mol. The molecule has 0 spiro atoms. The molecule has 2 atom stereocenters. The fourth-order valence-electron chi connectivity index (χ4n) is 5.90. The largest absolute Gasteiger partial charge is 0.573 e. The van der Waals surface area contributed by atoms with E-state index in [9.17, 15) is 31.4 Å². The molecule has 8 rings (SSSR count). The van der Waals surface area contributed by atoms with Crippen LogP contribution in [-0.4, -0.2) is 77.8 Å². The minimum atomic E-state index is -4.78. The number of aliphatic hydroxyl groups excluding tert-OH is 1. The Balaban J connectivity index is 0.000000198. The zero-order chi connectivity index (χ0) is 47.3. The first-order valence-corrected chi connectivity index (χ1v) is 20.8. The van der Waals surface area contributed by atoms with E-state index in [0.717, 1.165) is 24.3 Å². The van der Waals surface area contributed by atoms with Crippen molar-refractivity contribution >= 4 is 51.6 Å². The van der Waals surface area contributed by atoms with E-state index in [1.165, 1.54) is 48.3 Å². The van der Waals surface area contributed by atoms with Crippen molar-refractivity contribution in [2.24, 2.45) is 14.1 Å². The number of aromatic nitrogens is 10. The Morgan fingerprint density at radius 1 is 0.682 bits per heavy atom. The van der Waals surface area contributed by atoms with E-state index >= 15 is 0 Å². The lowest BCUT2D eigenvalue weighted by molar-refractivity contribution is -0.275. The number of aliphatic hydroxyl groups is 1. The summed E-state index contributed by atoms with van der Waals surface area (Å²) < 4.78 is 102. The molecule has 66 heavy (non-hydrogen) atoms. The van der Waals surface area contributed by atoms with Crippen LogP contribution >= 0.6 is 47.2 Å². The zero-order valence-electron chi connectivity index (χ0n) is 33.7. The fourth-order valence-corrected chi connectivity index (χ4v) is 6.55. The van der Waals surface area contributed by atoms with E-state index < -0.39 is 24.9 Å². The highest BCUT2D eigenvalue weighted by molar-refractivity contribution is 8.22. The van der Waals surface area contributed by atoms with Gasteiger partial charge in [0.1, 0.15) is 45.1 Å². The SMILES string of the molecule is CSC(=S)OC(c1ccnc(Cl)c1)c1nc(-c2nc(-c3ccc(OC(F)(F)F)cc3)no2)cn1C.Cn1cc(-c2nc(-c3ccc(OC(F)(F)F)cc3)no2)nc1C(O)c1ccnc(Cl)c1. The van der Waals surface area contributed by atoms with E-state index in [0.29, 0.717) is 49.7 Å². The number of thioether (sulfide) groups is 1. The van der Waals surface area contributed by atoms with Gasteiger partial charge in [-0.05, 0) is 96.8 Å². The van der Waals surface area contributed by atoms with Gasteiger partial charge >= 0.3 is 12.7 Å². The highest BCUT2D eigenvalue weighted by atomic mass is 35.5. The fraction of sp³-hybridized carbons (Fsp3) is 0.175. The van der Waals surface area contributed by atoms with Crippen molar-refractivity contribution in [3.63, 3.8) is 0 Å². The molecule has 2 aromatic carbocycles. The molecular formula is C40H28Cl2F6N10O6S2. The van der Waals surface area contributed by atoms with Crippen LogP contribution in [0.25, 0.3) is 45.9 Å². The number of rotatable bonds is 11. The third kappa shape index (κ3) is 12.0. The maximum Gasteiger partial charge on any atom is 0.573 e. The van der Waals surface area contributed by atoms with Gasteiger partial charge in [0.25, 0.3) is 11.8 Å². The van der Waals surface area contributed by atoms with Crippen LogP contribution in [0.4, 0.5) is 26.3 Å². The summed E-state index contributed by atoms with van der Waals surface area (Å²) in [7, 11) is 3.46. The van der Waals surface area contributed by atoms with Crippen molar-refractivity contribution < 1.29 is 54.7 Å². The highest BCUT2D eigenvalue weighted by Gasteiger charge is 2.32. The number of hydrogen-bond acceptors (Lipinski definition) is 16. The first-order valence-electron chi connectivity index (χ1n) is 18.4. The third-order valence-electron chi connectivity index (χ3n) is 8.79. The third-order valence-corrected chi connectivity index (χ3v) is 10.2. The summed E-state index contributed by atoms with van der Waals surface area (Å²) in [4.78, 5) is 25.4. The van der Waals surface area contributed by atoms with Crippen LogP contribution in [0.15, 0.2) is 107 Å². The number of alkyl halides is 6. The lowest BCUT2D eigenvalue weighted by Gasteiger charge is -2.18. The van der Waals surface area contributed by atoms with Crippen LogP contribution < -0.4 is 9.47 Å². The molecule has 6 heterocycles. The van der Waals surface area contributed by atoms with Crippen molar-refractivity contribution in [3.05, 3.63) is 131 Å². The molecule has 0 saturated heterocycles. The van der Waals surface area contributed by atoms with Gasteiger partial charge in [-0.1, -0.05) is 45.3 Å². The molecule has 0 saturated carbocycles. The molecule has 0 aliphatic heterocycles. The predicted molar refractivity (Wildman–Crippen MR) is 229 cm³/mol. The van der Waals surface area contributed by atoms with Crippen LogP contribution in [0.1, 0.15) is 35.0 Å². The smallest absolute Gasteiger partial charge is 0.462 e. The number of aryl methyl sites for hydroxylation is 2. The van der Waals surface area contributed by atoms with Gasteiger partial charge in [0.2, 0.25) is 16.0 Å². The van der Waals surface area contributed by atoms with Crippen LogP contribution in [0.2, 0.25) is 10.3 Å². The van der Waals surface area contributed by atoms with Crippen molar-refractivity contribution in [1.29, 1.82) is 0 Å². The minimum absolute atomic E-state index is 0.0763. The van der Waals surface area contributed by atoms with Gasteiger partial charge in [0.05, 0.1) is 0 Å². The number of nitrogens with zero attached hydrogens (tertiary/aromatic N) is 10. The Morgan fingerprint density at radius 2 is 1.12 bits per heavy atom. The maximum atomic E-state index is 12.4. The molecule has 16 nitrogen and oxygen atoms in total. The predicted octanol–water partition coefficient (Wildman–Crippen LogP) is 10.0. The number of ether oxygens (including phenoxy) is 3. The van der Waals surface area contributed by atoms with E-state index in [4.69, 9.17) is 49.2 Å². The van der Waals surface area contributed by atoms with Crippen LogP contribution in [0.5, 0.6) is 11.5 Å². The van der Waals surface area contributed by atoms with E-state index in [-0.39, 0.29) is 45.2 Å². The molecule has 2 unspecified atom stereocenters. The summed E-state index contributed by atoms with van der Waals surface area (Å²) in [6, 6.07) is 16.7. The molecule has 0 fully saturated rings. The average Bonchev–Trinajstić information content (AvgIpc) is 4.10. The van der Waals surface area contributed by atoms with Crippen molar-refractivity contribution in [2.75, 3.05) is 6.26 Å².